The van der Waals surface area contributed by atoms with Crippen LogP contribution in [0.25, 0.3) is 0 Å². The zero-order chi connectivity index (χ0) is 15.4. The number of aliphatic hydroxyl groups excluding tert-OH is 1. The normalized spacial score (nSPS) is 17.7. The lowest BCUT2D eigenvalue weighted by Crippen LogP contribution is -2.32. The first-order valence-corrected chi connectivity index (χ1v) is 7.93. The van der Waals surface area contributed by atoms with Crippen LogP contribution in [0.1, 0.15) is 42.3 Å². The van der Waals surface area contributed by atoms with E-state index in [1.165, 1.54) is 22.3 Å². The van der Waals surface area contributed by atoms with Crippen molar-refractivity contribution in [3.63, 3.8) is 0 Å². The van der Waals surface area contributed by atoms with Crippen molar-refractivity contribution in [2.45, 2.75) is 38.3 Å². The molecule has 0 saturated carbocycles. The molecule has 0 spiro atoms. The third kappa shape index (κ3) is 3.34. The van der Waals surface area contributed by atoms with Gasteiger partial charge in [0.25, 0.3) is 0 Å². The maximum atomic E-state index is 9.20. The van der Waals surface area contributed by atoms with Crippen LogP contribution in [0.4, 0.5) is 0 Å². The van der Waals surface area contributed by atoms with Gasteiger partial charge in [0.2, 0.25) is 0 Å². The number of hydrogen-bond acceptors (Lipinski definition) is 5. The molecular formula is C16H23N5O. The molecule has 2 aromatic rings. The number of aliphatic hydroxyl groups is 1. The van der Waals surface area contributed by atoms with Gasteiger partial charge in [-0.3, -0.25) is 4.90 Å². The summed E-state index contributed by atoms with van der Waals surface area (Å²) in [7, 11) is 1.78. The zero-order valence-corrected chi connectivity index (χ0v) is 13.0. The lowest BCUT2D eigenvalue weighted by molar-refractivity contribution is 0.148. The summed E-state index contributed by atoms with van der Waals surface area (Å²) < 4.78 is 0. The molecule has 22 heavy (non-hydrogen) atoms. The Kier molecular flexibility index (Phi) is 4.80. The van der Waals surface area contributed by atoms with Gasteiger partial charge in [0.15, 0.2) is 5.82 Å². The SMILES string of the molecule is Cn1nnc(CN(CCCO)C2CCCc3ccccc32)n1. The number of benzene rings is 1. The molecule has 1 unspecified atom stereocenters. The minimum Gasteiger partial charge on any atom is -0.396 e. The highest BCUT2D eigenvalue weighted by molar-refractivity contribution is 5.32. The highest BCUT2D eigenvalue weighted by atomic mass is 16.3. The molecule has 1 aromatic heterocycles. The summed E-state index contributed by atoms with van der Waals surface area (Å²) in [6, 6.07) is 9.06. The van der Waals surface area contributed by atoms with Crippen LogP contribution >= 0.6 is 0 Å². The van der Waals surface area contributed by atoms with Crippen molar-refractivity contribution in [1.29, 1.82) is 0 Å². The van der Waals surface area contributed by atoms with E-state index in [1.54, 1.807) is 7.05 Å². The highest BCUT2D eigenvalue weighted by Gasteiger charge is 2.26. The monoisotopic (exact) mass is 301 g/mol. The van der Waals surface area contributed by atoms with Crippen molar-refractivity contribution in [1.82, 2.24) is 25.1 Å². The van der Waals surface area contributed by atoms with Gasteiger partial charge in [0.05, 0.1) is 13.6 Å². The van der Waals surface area contributed by atoms with Gasteiger partial charge in [-0.2, -0.15) is 4.80 Å². The van der Waals surface area contributed by atoms with Gasteiger partial charge in [0, 0.05) is 19.2 Å². The van der Waals surface area contributed by atoms with Crippen LogP contribution in [0, 0.1) is 0 Å². The maximum absolute atomic E-state index is 9.20. The Bertz CT molecular complexity index is 612. The Morgan fingerprint density at radius 1 is 1.36 bits per heavy atom. The molecule has 0 amide bonds. The average Bonchev–Trinajstić information content (AvgIpc) is 2.96. The minimum atomic E-state index is 0.207. The number of aromatic nitrogens is 4. The van der Waals surface area contributed by atoms with E-state index in [0.717, 1.165) is 31.6 Å². The van der Waals surface area contributed by atoms with E-state index < -0.39 is 0 Å². The number of nitrogens with zero attached hydrogens (tertiary/aromatic N) is 5. The Morgan fingerprint density at radius 2 is 2.23 bits per heavy atom. The molecule has 118 valence electrons. The molecule has 0 fully saturated rings. The smallest absolute Gasteiger partial charge is 0.188 e. The average molecular weight is 301 g/mol. The van der Waals surface area contributed by atoms with Crippen LogP contribution in [-0.4, -0.2) is 43.4 Å². The molecule has 3 rings (SSSR count). The van der Waals surface area contributed by atoms with E-state index >= 15 is 0 Å². The topological polar surface area (TPSA) is 67.1 Å². The first-order valence-electron chi connectivity index (χ1n) is 7.93. The summed E-state index contributed by atoms with van der Waals surface area (Å²) in [5.41, 5.74) is 2.86. The third-order valence-electron chi connectivity index (χ3n) is 4.28. The summed E-state index contributed by atoms with van der Waals surface area (Å²) in [4.78, 5) is 3.87. The Balaban J connectivity index is 1.82. The quantitative estimate of drug-likeness (QED) is 0.875. The largest absolute Gasteiger partial charge is 0.396 e. The fourth-order valence-electron chi connectivity index (χ4n) is 3.29. The summed E-state index contributed by atoms with van der Waals surface area (Å²) >= 11 is 0. The molecule has 1 aliphatic rings. The molecule has 0 saturated heterocycles. The fourth-order valence-corrected chi connectivity index (χ4v) is 3.29. The molecule has 0 aliphatic heterocycles. The van der Waals surface area contributed by atoms with Gasteiger partial charge < -0.3 is 5.11 Å². The summed E-state index contributed by atoms with van der Waals surface area (Å²) in [6.45, 7) is 1.72. The van der Waals surface area contributed by atoms with E-state index in [-0.39, 0.29) is 6.61 Å². The number of fused-ring (bicyclic) bond motifs is 1. The van der Waals surface area contributed by atoms with Crippen LogP contribution in [0.2, 0.25) is 0 Å². The molecule has 6 nitrogen and oxygen atoms in total. The highest BCUT2D eigenvalue weighted by Crippen LogP contribution is 2.34. The van der Waals surface area contributed by atoms with Crippen molar-refractivity contribution in [3.8, 4) is 0 Å². The second-order valence-electron chi connectivity index (χ2n) is 5.85. The lowest BCUT2D eigenvalue weighted by atomic mass is 9.86. The summed E-state index contributed by atoms with van der Waals surface area (Å²) in [6.07, 6.45) is 4.26. The van der Waals surface area contributed by atoms with E-state index in [1.807, 2.05) is 0 Å². The number of tetrazole rings is 1. The predicted octanol–water partition coefficient (Wildman–Crippen LogP) is 1.47. The molecule has 1 heterocycles. The van der Waals surface area contributed by atoms with Gasteiger partial charge in [-0.05, 0) is 42.0 Å². The van der Waals surface area contributed by atoms with Crippen molar-refractivity contribution in [2.75, 3.05) is 13.2 Å². The Labute approximate surface area is 130 Å². The maximum Gasteiger partial charge on any atom is 0.188 e. The predicted molar refractivity (Wildman–Crippen MR) is 83.0 cm³/mol. The standard InChI is InChI=1S/C16H23N5O/c1-20-18-16(17-19-20)12-21(10-5-11-22)15-9-4-7-13-6-2-3-8-14(13)15/h2-3,6,8,15,22H,4-5,7,9-12H2,1H3. The molecule has 0 radical (unpaired) electrons. The van der Waals surface area contributed by atoms with Crippen LogP contribution in [0.15, 0.2) is 24.3 Å². The van der Waals surface area contributed by atoms with Gasteiger partial charge in [0.1, 0.15) is 0 Å². The van der Waals surface area contributed by atoms with Crippen molar-refractivity contribution < 1.29 is 5.11 Å². The first-order chi connectivity index (χ1) is 10.8. The van der Waals surface area contributed by atoms with Crippen molar-refractivity contribution in [3.05, 3.63) is 41.2 Å². The van der Waals surface area contributed by atoms with Crippen molar-refractivity contribution >= 4 is 0 Å². The Morgan fingerprint density at radius 3 is 3.00 bits per heavy atom. The summed E-state index contributed by atoms with van der Waals surface area (Å²) in [5, 5.41) is 21.5. The molecule has 1 aromatic carbocycles. The zero-order valence-electron chi connectivity index (χ0n) is 13.0. The third-order valence-corrected chi connectivity index (χ3v) is 4.28. The fraction of sp³-hybridized carbons (Fsp3) is 0.562. The summed E-state index contributed by atoms with van der Waals surface area (Å²) in [5.74, 6) is 0.739. The molecule has 0 bridgehead atoms. The van der Waals surface area contributed by atoms with Crippen LogP contribution < -0.4 is 0 Å². The number of aryl methyl sites for hydroxylation is 2. The van der Waals surface area contributed by atoms with Gasteiger partial charge in [-0.15, -0.1) is 10.2 Å². The molecule has 1 atom stereocenters. The second kappa shape index (κ2) is 6.98. The van der Waals surface area contributed by atoms with E-state index in [2.05, 4.69) is 44.6 Å². The number of hydrogen-bond donors (Lipinski definition) is 1. The minimum absolute atomic E-state index is 0.207. The lowest BCUT2D eigenvalue weighted by Gasteiger charge is -2.35. The van der Waals surface area contributed by atoms with Gasteiger partial charge in [-0.1, -0.05) is 24.3 Å². The van der Waals surface area contributed by atoms with Crippen LogP contribution in [0.3, 0.4) is 0 Å². The second-order valence-corrected chi connectivity index (χ2v) is 5.85. The molecule has 6 heteroatoms. The van der Waals surface area contributed by atoms with E-state index in [4.69, 9.17) is 0 Å². The van der Waals surface area contributed by atoms with Gasteiger partial charge in [-0.25, -0.2) is 0 Å². The first kappa shape index (κ1) is 15.1. The molecule has 1 N–H and O–H groups in total. The molecule has 1 aliphatic carbocycles. The van der Waals surface area contributed by atoms with Crippen molar-refractivity contribution in [2.24, 2.45) is 7.05 Å². The van der Waals surface area contributed by atoms with Gasteiger partial charge >= 0.3 is 0 Å². The van der Waals surface area contributed by atoms with Crippen LogP contribution in [-0.2, 0) is 20.0 Å². The van der Waals surface area contributed by atoms with E-state index in [0.29, 0.717) is 12.6 Å². The van der Waals surface area contributed by atoms with Crippen LogP contribution in [0.5, 0.6) is 0 Å². The van der Waals surface area contributed by atoms with E-state index in [9.17, 15) is 5.11 Å². The molecular weight excluding hydrogens is 278 g/mol. The Hall–Kier alpha value is -1.79. The number of rotatable bonds is 6.